The maximum absolute atomic E-state index is 11.1. The first-order chi connectivity index (χ1) is 9.84. The van der Waals surface area contributed by atoms with Crippen LogP contribution in [-0.2, 0) is 9.63 Å². The lowest BCUT2D eigenvalue weighted by atomic mass is 10.0. The minimum Gasteiger partial charge on any atom is -0.366 e. The number of carbonyl (C=O) groups excluding carboxylic acids is 1. The van der Waals surface area contributed by atoms with Gasteiger partial charge in [-0.05, 0) is 12.8 Å². The van der Waals surface area contributed by atoms with Crippen molar-refractivity contribution in [3.8, 4) is 0 Å². The van der Waals surface area contributed by atoms with Gasteiger partial charge in [-0.3, -0.25) is 4.79 Å². The second-order valence-electron chi connectivity index (χ2n) is 5.79. The Morgan fingerprint density at radius 3 is 1.80 bits per heavy atom. The molecule has 0 saturated heterocycles. The fourth-order valence-corrected chi connectivity index (χ4v) is 2.58. The maximum atomic E-state index is 11.1. The molecule has 0 aromatic carbocycles. The van der Waals surface area contributed by atoms with Gasteiger partial charge in [0.05, 0.1) is 0 Å². The van der Waals surface area contributed by atoms with Gasteiger partial charge in [-0.25, -0.2) is 0 Å². The summed E-state index contributed by atoms with van der Waals surface area (Å²) in [6.07, 6.45) is 16.3. The third kappa shape index (κ3) is 8.28. The predicted octanol–water partition coefficient (Wildman–Crippen LogP) is 5.37. The largest absolute Gasteiger partial charge is 0.366 e. The quantitative estimate of drug-likeness (QED) is 0.426. The van der Waals surface area contributed by atoms with E-state index in [1.165, 1.54) is 70.6 Å². The molecule has 1 aliphatic rings. The summed E-state index contributed by atoms with van der Waals surface area (Å²) in [5.74, 6) is -0.215. The van der Waals surface area contributed by atoms with Gasteiger partial charge in [-0.15, -0.1) is 0 Å². The number of carbonyl (C=O) groups is 1. The molecule has 0 aromatic heterocycles. The smallest absolute Gasteiger partial charge is 0.311 e. The molecular formula is C16H30N2O2. The Bertz CT molecular complexity index is 280. The lowest BCUT2D eigenvalue weighted by molar-refractivity contribution is -0.124. The van der Waals surface area contributed by atoms with Gasteiger partial charge in [0.15, 0.2) is 0 Å². The highest BCUT2D eigenvalue weighted by atomic mass is 16.7. The minimum absolute atomic E-state index is 0.215. The zero-order chi connectivity index (χ0) is 14.5. The van der Waals surface area contributed by atoms with Crippen LogP contribution in [0.5, 0.6) is 0 Å². The second-order valence-corrected chi connectivity index (χ2v) is 5.79. The maximum Gasteiger partial charge on any atom is 0.311 e. The van der Waals surface area contributed by atoms with Gasteiger partial charge in [0.2, 0.25) is 6.10 Å². The van der Waals surface area contributed by atoms with Gasteiger partial charge in [0, 0.05) is 5.28 Å². The second kappa shape index (κ2) is 11.9. The van der Waals surface area contributed by atoms with Crippen molar-refractivity contribution in [2.24, 2.45) is 10.4 Å². The van der Waals surface area contributed by atoms with Crippen LogP contribution < -0.4 is 0 Å². The van der Waals surface area contributed by atoms with Gasteiger partial charge in [-0.2, -0.15) is 0 Å². The molecule has 0 aromatic rings. The molecule has 1 heterocycles. The topological polar surface area (TPSA) is 51.0 Å². The third-order valence-corrected chi connectivity index (χ3v) is 3.91. The molecule has 0 fully saturated rings. The van der Waals surface area contributed by atoms with Crippen molar-refractivity contribution in [2.75, 3.05) is 0 Å². The van der Waals surface area contributed by atoms with E-state index >= 15 is 0 Å². The van der Waals surface area contributed by atoms with Gasteiger partial charge >= 0.3 is 5.91 Å². The zero-order valence-electron chi connectivity index (χ0n) is 13.0. The fraction of sp³-hybridized carbons (Fsp3) is 0.938. The summed E-state index contributed by atoms with van der Waals surface area (Å²) in [4.78, 5) is 16.0. The monoisotopic (exact) mass is 282 g/mol. The van der Waals surface area contributed by atoms with Crippen molar-refractivity contribution in [3.63, 3.8) is 0 Å². The SMILES string of the molecule is CCCCCCCCCCCCCCC1ON=NC1=O. The van der Waals surface area contributed by atoms with Crippen molar-refractivity contribution in [2.45, 2.75) is 96.5 Å². The van der Waals surface area contributed by atoms with E-state index in [1.54, 1.807) is 0 Å². The summed E-state index contributed by atoms with van der Waals surface area (Å²) in [7, 11) is 0. The van der Waals surface area contributed by atoms with E-state index in [1.807, 2.05) is 0 Å². The molecule has 0 saturated carbocycles. The van der Waals surface area contributed by atoms with Gasteiger partial charge in [-0.1, -0.05) is 82.7 Å². The van der Waals surface area contributed by atoms with Crippen LogP contribution in [0, 0.1) is 0 Å². The number of hydrogen-bond acceptors (Lipinski definition) is 3. The van der Waals surface area contributed by atoms with E-state index in [0.717, 1.165) is 12.8 Å². The molecule has 20 heavy (non-hydrogen) atoms. The van der Waals surface area contributed by atoms with Gasteiger partial charge in [0.1, 0.15) is 0 Å². The molecule has 1 atom stereocenters. The van der Waals surface area contributed by atoms with Crippen molar-refractivity contribution in [1.82, 2.24) is 0 Å². The Balaban J connectivity index is 1.73. The molecule has 1 rings (SSSR count). The lowest BCUT2D eigenvalue weighted by Crippen LogP contribution is -2.15. The minimum atomic E-state index is -0.391. The Morgan fingerprint density at radius 2 is 1.35 bits per heavy atom. The van der Waals surface area contributed by atoms with Crippen molar-refractivity contribution < 1.29 is 9.63 Å². The standard InChI is InChI=1S/C16H30N2O2/c1-2-3-4-5-6-7-8-9-10-11-12-13-14-15-16(19)17-18-20-15/h15H,2-14H2,1H3. The molecule has 0 aliphatic carbocycles. The summed E-state index contributed by atoms with van der Waals surface area (Å²) in [5, 5.41) is 6.65. The number of amides is 1. The number of rotatable bonds is 13. The summed E-state index contributed by atoms with van der Waals surface area (Å²) in [5.41, 5.74) is 0. The van der Waals surface area contributed by atoms with E-state index in [9.17, 15) is 4.79 Å². The first-order valence-corrected chi connectivity index (χ1v) is 8.45. The van der Waals surface area contributed by atoms with Crippen LogP contribution in [0.25, 0.3) is 0 Å². The van der Waals surface area contributed by atoms with Crippen LogP contribution in [-0.4, -0.2) is 12.0 Å². The normalized spacial score (nSPS) is 17.6. The van der Waals surface area contributed by atoms with Crippen LogP contribution in [0.15, 0.2) is 10.4 Å². The molecular weight excluding hydrogens is 252 g/mol. The Kier molecular flexibility index (Phi) is 10.2. The molecule has 1 aliphatic heterocycles. The highest BCUT2D eigenvalue weighted by molar-refractivity contribution is 5.81. The predicted molar refractivity (Wildman–Crippen MR) is 80.4 cm³/mol. The van der Waals surface area contributed by atoms with Crippen LogP contribution >= 0.6 is 0 Å². The Morgan fingerprint density at radius 1 is 0.850 bits per heavy atom. The lowest BCUT2D eigenvalue weighted by Gasteiger charge is -2.05. The highest BCUT2D eigenvalue weighted by Crippen LogP contribution is 2.16. The van der Waals surface area contributed by atoms with E-state index in [-0.39, 0.29) is 5.91 Å². The van der Waals surface area contributed by atoms with Crippen molar-refractivity contribution in [3.05, 3.63) is 0 Å². The number of nitrogens with zero attached hydrogens (tertiary/aromatic N) is 2. The molecule has 0 spiro atoms. The molecule has 116 valence electrons. The van der Waals surface area contributed by atoms with Crippen LogP contribution in [0.1, 0.15) is 90.4 Å². The van der Waals surface area contributed by atoms with E-state index < -0.39 is 6.10 Å². The van der Waals surface area contributed by atoms with E-state index in [2.05, 4.69) is 17.3 Å². The van der Waals surface area contributed by atoms with Crippen molar-refractivity contribution in [1.29, 1.82) is 0 Å². The average Bonchev–Trinajstić information content (AvgIpc) is 2.85. The van der Waals surface area contributed by atoms with E-state index in [4.69, 9.17) is 4.84 Å². The summed E-state index contributed by atoms with van der Waals surface area (Å²) in [6, 6.07) is 0. The van der Waals surface area contributed by atoms with Crippen LogP contribution in [0.4, 0.5) is 0 Å². The summed E-state index contributed by atoms with van der Waals surface area (Å²) < 4.78 is 0. The fourth-order valence-electron chi connectivity index (χ4n) is 2.58. The van der Waals surface area contributed by atoms with Gasteiger partial charge in [0.25, 0.3) is 0 Å². The third-order valence-electron chi connectivity index (χ3n) is 3.91. The molecule has 0 N–H and O–H groups in total. The van der Waals surface area contributed by atoms with Gasteiger partial charge < -0.3 is 4.84 Å². The Hall–Kier alpha value is -0.930. The first kappa shape index (κ1) is 17.1. The zero-order valence-corrected chi connectivity index (χ0v) is 13.0. The first-order valence-electron chi connectivity index (χ1n) is 8.45. The molecule has 4 nitrogen and oxygen atoms in total. The number of hydrogen-bond donors (Lipinski definition) is 0. The Labute approximate surface area is 123 Å². The van der Waals surface area contributed by atoms with Crippen LogP contribution in [0.2, 0.25) is 0 Å². The summed E-state index contributed by atoms with van der Waals surface area (Å²) in [6.45, 7) is 2.26. The summed E-state index contributed by atoms with van der Waals surface area (Å²) >= 11 is 0. The molecule has 0 radical (unpaired) electrons. The van der Waals surface area contributed by atoms with E-state index in [0.29, 0.717) is 0 Å². The average molecular weight is 282 g/mol. The molecule has 0 bridgehead atoms. The number of unbranched alkanes of at least 4 members (excludes halogenated alkanes) is 11. The molecule has 1 unspecified atom stereocenters. The molecule has 4 heteroatoms. The van der Waals surface area contributed by atoms with Crippen LogP contribution in [0.3, 0.4) is 0 Å². The highest BCUT2D eigenvalue weighted by Gasteiger charge is 2.24. The van der Waals surface area contributed by atoms with Crippen molar-refractivity contribution >= 4 is 5.91 Å². The molecule has 1 amide bonds.